The Labute approximate surface area is 131 Å². The minimum atomic E-state index is -0.729. The van der Waals surface area contributed by atoms with Gasteiger partial charge in [-0.15, -0.1) is 0 Å². The van der Waals surface area contributed by atoms with Crippen molar-refractivity contribution in [2.24, 2.45) is 5.92 Å². The third-order valence-corrected chi connectivity index (χ3v) is 4.39. The van der Waals surface area contributed by atoms with Crippen LogP contribution in [0.3, 0.4) is 0 Å². The lowest BCUT2D eigenvalue weighted by atomic mass is 9.97. The van der Waals surface area contributed by atoms with Crippen molar-refractivity contribution in [1.82, 2.24) is 4.90 Å². The van der Waals surface area contributed by atoms with E-state index in [1.54, 1.807) is 0 Å². The lowest BCUT2D eigenvalue weighted by Crippen LogP contribution is -2.40. The molecule has 1 heterocycles. The predicted octanol–water partition coefficient (Wildman–Crippen LogP) is 2.03. The van der Waals surface area contributed by atoms with Crippen molar-refractivity contribution < 1.29 is 14.7 Å². The van der Waals surface area contributed by atoms with Gasteiger partial charge >= 0.3 is 5.97 Å². The number of nitrogens with zero attached hydrogens (tertiary/aromatic N) is 1. The average molecular weight is 388 g/mol. The third-order valence-electron chi connectivity index (χ3n) is 3.45. The van der Waals surface area contributed by atoms with Crippen molar-refractivity contribution in [3.8, 4) is 0 Å². The summed E-state index contributed by atoms with van der Waals surface area (Å²) in [4.78, 5) is 24.8. The Morgan fingerprint density at radius 1 is 1.30 bits per heavy atom. The molecule has 1 aliphatic heterocycles. The normalized spacial score (nSPS) is 16.9. The van der Waals surface area contributed by atoms with Crippen LogP contribution in [0.1, 0.15) is 12.8 Å². The fourth-order valence-electron chi connectivity index (χ4n) is 2.29. The second-order valence-electron chi connectivity index (χ2n) is 4.92. The van der Waals surface area contributed by atoms with Gasteiger partial charge in [0.15, 0.2) is 0 Å². The topological polar surface area (TPSA) is 69.6 Å². The van der Waals surface area contributed by atoms with Crippen LogP contribution < -0.4 is 5.32 Å². The summed E-state index contributed by atoms with van der Waals surface area (Å²) in [5.41, 5.74) is 0.818. The van der Waals surface area contributed by atoms with Gasteiger partial charge < -0.3 is 10.4 Å². The lowest BCUT2D eigenvalue weighted by Gasteiger charge is -2.29. The van der Waals surface area contributed by atoms with Crippen LogP contribution in [0.25, 0.3) is 0 Å². The van der Waals surface area contributed by atoms with E-state index in [4.69, 9.17) is 5.11 Å². The van der Waals surface area contributed by atoms with Crippen LogP contribution in [0.5, 0.6) is 0 Å². The van der Waals surface area contributed by atoms with Crippen LogP contribution in [0, 0.1) is 9.49 Å². The molecule has 0 aromatic heterocycles. The molecule has 1 saturated heterocycles. The van der Waals surface area contributed by atoms with E-state index >= 15 is 0 Å². The van der Waals surface area contributed by atoms with Gasteiger partial charge in [-0.25, -0.2) is 0 Å². The number of likely N-dealkylation sites (tertiary alicyclic amines) is 1. The maximum Gasteiger partial charge on any atom is 0.306 e. The summed E-state index contributed by atoms with van der Waals surface area (Å²) in [6.07, 6.45) is 1.23. The first kappa shape index (κ1) is 15.2. The second-order valence-corrected chi connectivity index (χ2v) is 6.08. The molecule has 20 heavy (non-hydrogen) atoms. The van der Waals surface area contributed by atoms with Crippen molar-refractivity contribution in [2.45, 2.75) is 12.8 Å². The molecule has 5 nitrogen and oxygen atoms in total. The molecule has 0 atom stereocenters. The van der Waals surface area contributed by atoms with E-state index in [1.165, 1.54) is 0 Å². The number of hydrogen-bond donors (Lipinski definition) is 2. The number of halogens is 1. The Hall–Kier alpha value is -1.15. The number of aliphatic carboxylic acids is 1. The van der Waals surface area contributed by atoms with Gasteiger partial charge in [-0.05, 0) is 60.7 Å². The zero-order chi connectivity index (χ0) is 14.5. The highest BCUT2D eigenvalue weighted by Crippen LogP contribution is 2.19. The predicted molar refractivity (Wildman–Crippen MR) is 84.6 cm³/mol. The number of rotatable bonds is 4. The van der Waals surface area contributed by atoms with Crippen molar-refractivity contribution in [1.29, 1.82) is 0 Å². The summed E-state index contributed by atoms with van der Waals surface area (Å²) in [5.74, 6) is -1.04. The van der Waals surface area contributed by atoms with Gasteiger partial charge in [-0.3, -0.25) is 14.5 Å². The molecule has 0 aliphatic carbocycles. The third kappa shape index (κ3) is 4.17. The summed E-state index contributed by atoms with van der Waals surface area (Å²) in [6, 6.07) is 7.62. The molecular formula is C14H17IN2O3. The fraction of sp³-hybridized carbons (Fsp3) is 0.429. The molecule has 2 rings (SSSR count). The Bertz CT molecular complexity index is 499. The van der Waals surface area contributed by atoms with E-state index in [1.807, 2.05) is 29.2 Å². The highest BCUT2D eigenvalue weighted by atomic mass is 127. The Kier molecular flexibility index (Phi) is 5.36. The molecule has 1 amide bonds. The number of amides is 1. The number of carbonyl (C=O) groups excluding carboxylic acids is 1. The minimum absolute atomic E-state index is 0.0529. The van der Waals surface area contributed by atoms with Crippen LogP contribution in [0.2, 0.25) is 0 Å². The van der Waals surface area contributed by atoms with Gasteiger partial charge in [-0.1, -0.05) is 12.1 Å². The monoisotopic (exact) mass is 388 g/mol. The highest BCUT2D eigenvalue weighted by molar-refractivity contribution is 14.1. The standard InChI is InChI=1S/C14H17IN2O3/c15-11-3-1-2-4-12(11)16-13(18)9-17-7-5-10(6-8-17)14(19)20/h1-4,10H,5-9H2,(H,16,18)(H,19,20). The van der Waals surface area contributed by atoms with Gasteiger partial charge in [0.1, 0.15) is 0 Å². The molecule has 2 N–H and O–H groups in total. The van der Waals surface area contributed by atoms with Gasteiger partial charge in [-0.2, -0.15) is 0 Å². The second kappa shape index (κ2) is 7.03. The number of hydrogen-bond acceptors (Lipinski definition) is 3. The van der Waals surface area contributed by atoms with E-state index in [9.17, 15) is 9.59 Å². The number of piperidine rings is 1. The molecule has 0 radical (unpaired) electrons. The van der Waals surface area contributed by atoms with Gasteiger partial charge in [0, 0.05) is 3.57 Å². The SMILES string of the molecule is O=C(CN1CCC(C(=O)O)CC1)Nc1ccccc1I. The Morgan fingerprint density at radius 2 is 1.95 bits per heavy atom. The highest BCUT2D eigenvalue weighted by Gasteiger charge is 2.25. The van der Waals surface area contributed by atoms with Crippen LogP contribution in [-0.4, -0.2) is 41.5 Å². The summed E-state index contributed by atoms with van der Waals surface area (Å²) < 4.78 is 1.00. The van der Waals surface area contributed by atoms with Gasteiger partial charge in [0.2, 0.25) is 5.91 Å². The van der Waals surface area contributed by atoms with Gasteiger partial charge in [0.05, 0.1) is 18.2 Å². The summed E-state index contributed by atoms with van der Waals surface area (Å²) in [7, 11) is 0. The van der Waals surface area contributed by atoms with Crippen LogP contribution in [-0.2, 0) is 9.59 Å². The zero-order valence-corrected chi connectivity index (χ0v) is 13.2. The van der Waals surface area contributed by atoms with Crippen LogP contribution >= 0.6 is 22.6 Å². The molecular weight excluding hydrogens is 371 g/mol. The molecule has 1 aromatic rings. The molecule has 0 bridgehead atoms. The molecule has 0 saturated carbocycles. The summed E-state index contributed by atoms with van der Waals surface area (Å²) in [6.45, 7) is 1.64. The summed E-state index contributed by atoms with van der Waals surface area (Å²) in [5, 5.41) is 11.8. The minimum Gasteiger partial charge on any atom is -0.481 e. The van der Waals surface area contributed by atoms with E-state index < -0.39 is 5.97 Å². The number of carbonyl (C=O) groups is 2. The molecule has 108 valence electrons. The first-order valence-electron chi connectivity index (χ1n) is 6.56. The molecule has 6 heteroatoms. The number of para-hydroxylation sites is 1. The summed E-state index contributed by atoms with van der Waals surface area (Å²) >= 11 is 2.18. The van der Waals surface area contributed by atoms with Crippen LogP contribution in [0.4, 0.5) is 5.69 Å². The molecule has 0 unspecified atom stereocenters. The van der Waals surface area contributed by atoms with E-state index in [0.717, 1.165) is 9.26 Å². The number of nitrogens with one attached hydrogen (secondary N) is 1. The molecule has 1 fully saturated rings. The van der Waals surface area contributed by atoms with E-state index in [-0.39, 0.29) is 11.8 Å². The van der Waals surface area contributed by atoms with Crippen molar-refractivity contribution in [2.75, 3.05) is 25.0 Å². The average Bonchev–Trinajstić information content (AvgIpc) is 2.42. The number of carboxylic acids is 1. The van der Waals surface area contributed by atoms with E-state index in [2.05, 4.69) is 27.9 Å². The van der Waals surface area contributed by atoms with Crippen LogP contribution in [0.15, 0.2) is 24.3 Å². The largest absolute Gasteiger partial charge is 0.481 e. The Morgan fingerprint density at radius 3 is 2.55 bits per heavy atom. The van der Waals surface area contributed by atoms with Gasteiger partial charge in [0.25, 0.3) is 0 Å². The number of carboxylic acid groups (broad SMARTS) is 1. The zero-order valence-electron chi connectivity index (χ0n) is 11.0. The fourth-order valence-corrected chi connectivity index (χ4v) is 2.82. The Balaban J connectivity index is 1.81. The lowest BCUT2D eigenvalue weighted by molar-refractivity contribution is -0.143. The molecule has 1 aromatic carbocycles. The first-order valence-corrected chi connectivity index (χ1v) is 7.63. The molecule has 0 spiro atoms. The smallest absolute Gasteiger partial charge is 0.306 e. The number of anilines is 1. The maximum absolute atomic E-state index is 12.0. The quantitative estimate of drug-likeness (QED) is 0.775. The van der Waals surface area contributed by atoms with Crippen molar-refractivity contribution in [3.63, 3.8) is 0 Å². The van der Waals surface area contributed by atoms with Crippen molar-refractivity contribution in [3.05, 3.63) is 27.8 Å². The number of benzene rings is 1. The van der Waals surface area contributed by atoms with E-state index in [0.29, 0.717) is 32.5 Å². The maximum atomic E-state index is 12.0. The first-order chi connectivity index (χ1) is 9.56. The van der Waals surface area contributed by atoms with Crippen molar-refractivity contribution >= 4 is 40.2 Å². The molecule has 1 aliphatic rings.